The highest BCUT2D eigenvalue weighted by molar-refractivity contribution is 6.00. The second-order valence-corrected chi connectivity index (χ2v) is 5.20. The summed E-state index contributed by atoms with van der Waals surface area (Å²) in [5.41, 5.74) is 1.75. The molecule has 2 aromatic heterocycles. The van der Waals surface area contributed by atoms with E-state index < -0.39 is 0 Å². The summed E-state index contributed by atoms with van der Waals surface area (Å²) in [6, 6.07) is 7.68. The van der Waals surface area contributed by atoms with Crippen molar-refractivity contribution in [3.8, 4) is 0 Å². The van der Waals surface area contributed by atoms with Crippen molar-refractivity contribution >= 4 is 22.8 Å². The number of fused-ring (bicyclic) bond motifs is 1. The molecule has 0 aliphatic carbocycles. The minimum Gasteiger partial charge on any atom is -0.395 e. The zero-order valence-electron chi connectivity index (χ0n) is 21.3. The van der Waals surface area contributed by atoms with Crippen LogP contribution < -0.4 is 4.84 Å². The van der Waals surface area contributed by atoms with Crippen LogP contribution in [0, 0.1) is 0 Å². The first-order valence-corrected chi connectivity index (χ1v) is 11.2. The fourth-order valence-corrected chi connectivity index (χ4v) is 2.09. The zero-order valence-corrected chi connectivity index (χ0v) is 21.3. The highest BCUT2D eigenvalue weighted by Crippen LogP contribution is 2.10. The molecule has 1 saturated heterocycles. The molecule has 0 bridgehead atoms. The second kappa shape index (κ2) is 20.6. The number of imide groups is 1. The van der Waals surface area contributed by atoms with Crippen LogP contribution in [-0.4, -0.2) is 60.5 Å². The van der Waals surface area contributed by atoms with Crippen molar-refractivity contribution in [1.29, 1.82) is 0 Å². The molecule has 3 aromatic rings. The van der Waals surface area contributed by atoms with Crippen molar-refractivity contribution in [2.45, 2.75) is 61.3 Å². The van der Waals surface area contributed by atoms with Crippen LogP contribution in [0.3, 0.4) is 0 Å². The lowest BCUT2D eigenvalue weighted by molar-refractivity contribution is -0.179. The van der Waals surface area contributed by atoms with E-state index in [9.17, 15) is 9.59 Å². The number of hydrogen-bond acceptors (Lipinski definition) is 8. The largest absolute Gasteiger partial charge is 0.395 e. The molecule has 0 spiro atoms. The lowest BCUT2D eigenvalue weighted by atomic mass is 10.3. The Hall–Kier alpha value is -3.34. The molecule has 0 N–H and O–H groups in total. The first-order chi connectivity index (χ1) is 16.1. The smallest absolute Gasteiger partial charge is 0.253 e. The number of carbonyl (C=O) groups excluding carboxylic acids is 2. The molecular weight excluding hydrogens is 426 g/mol. The summed E-state index contributed by atoms with van der Waals surface area (Å²) >= 11 is 0. The van der Waals surface area contributed by atoms with Crippen molar-refractivity contribution in [2.24, 2.45) is 7.05 Å². The highest BCUT2D eigenvalue weighted by Gasteiger charge is 2.28. The molecule has 0 saturated carbocycles. The molecule has 33 heavy (non-hydrogen) atoms. The van der Waals surface area contributed by atoms with Crippen LogP contribution in [-0.2, 0) is 21.5 Å². The molecule has 11 nitrogen and oxygen atoms in total. The fourth-order valence-electron chi connectivity index (χ4n) is 2.09. The van der Waals surface area contributed by atoms with Crippen LogP contribution in [0.5, 0.6) is 0 Å². The van der Waals surface area contributed by atoms with Gasteiger partial charge in [-0.1, -0.05) is 58.5 Å². The molecule has 0 radical (unpaired) electrons. The van der Waals surface area contributed by atoms with Crippen molar-refractivity contribution in [3.05, 3.63) is 36.9 Å². The summed E-state index contributed by atoms with van der Waals surface area (Å²) in [7, 11) is 3.13. The monoisotopic (exact) mass is 465 g/mol. The van der Waals surface area contributed by atoms with Crippen molar-refractivity contribution in [2.75, 3.05) is 13.7 Å². The Labute approximate surface area is 196 Å². The molecule has 1 aromatic carbocycles. The van der Waals surface area contributed by atoms with Gasteiger partial charge in [0.25, 0.3) is 11.8 Å². The van der Waals surface area contributed by atoms with Gasteiger partial charge in [-0.15, -0.1) is 5.10 Å². The summed E-state index contributed by atoms with van der Waals surface area (Å²) in [5, 5.41) is 12.3. The quantitative estimate of drug-likeness (QED) is 0.540. The van der Waals surface area contributed by atoms with E-state index in [1.165, 1.54) is 18.3 Å². The Morgan fingerprint density at radius 2 is 1.55 bits per heavy atom. The van der Waals surface area contributed by atoms with Gasteiger partial charge in [-0.25, -0.2) is 4.98 Å². The minimum absolute atomic E-state index is 0.248. The Bertz CT molecular complexity index is 851. The number of aryl methyl sites for hydroxylation is 1. The average molecular weight is 466 g/mol. The summed E-state index contributed by atoms with van der Waals surface area (Å²) < 4.78 is 1.64. The third kappa shape index (κ3) is 11.7. The zero-order chi connectivity index (χ0) is 25.6. The van der Waals surface area contributed by atoms with Crippen molar-refractivity contribution in [3.63, 3.8) is 0 Å². The van der Waals surface area contributed by atoms with E-state index in [2.05, 4.69) is 25.2 Å². The van der Waals surface area contributed by atoms with E-state index >= 15 is 0 Å². The standard InChI is InChI=1S/C8H9N3O.C5H7NO3.C3H5N3.3C2H6/c1-2-12-11-8-6-4-3-5-7(8)9-10-11;1-9-6-4(7)2-3-5(6)8;1-6-3-4-2-5-6;3*1-2/h3-6H,2H2,1H3;2-3H2,1H3;2-3H,1H3;3*1-2H3. The Kier molecular flexibility index (Phi) is 19.8. The van der Waals surface area contributed by atoms with Gasteiger partial charge in [0, 0.05) is 19.9 Å². The molecule has 4 rings (SSSR count). The van der Waals surface area contributed by atoms with Gasteiger partial charge in [0.15, 0.2) is 0 Å². The molecule has 0 unspecified atom stereocenters. The van der Waals surface area contributed by atoms with E-state index in [1.54, 1.807) is 11.0 Å². The third-order valence-corrected chi connectivity index (χ3v) is 3.30. The normalized spacial score (nSPS) is 11.2. The predicted octanol–water partition coefficient (Wildman–Crippen LogP) is 3.47. The molecular formula is C22H39N7O4. The van der Waals surface area contributed by atoms with Gasteiger partial charge >= 0.3 is 0 Å². The third-order valence-electron chi connectivity index (χ3n) is 3.30. The lowest BCUT2D eigenvalue weighted by Crippen LogP contribution is -2.27. The fraction of sp³-hybridized carbons (Fsp3) is 0.545. The van der Waals surface area contributed by atoms with E-state index in [-0.39, 0.29) is 24.7 Å². The number of nitrogens with zero attached hydrogens (tertiary/aromatic N) is 7. The summed E-state index contributed by atoms with van der Waals surface area (Å²) in [4.78, 5) is 36.0. The molecule has 186 valence electrons. The predicted molar refractivity (Wildman–Crippen MR) is 128 cm³/mol. The minimum atomic E-state index is -0.248. The number of para-hydroxylation sites is 1. The summed E-state index contributed by atoms with van der Waals surface area (Å²) in [5.74, 6) is -0.495. The number of hydrogen-bond donors (Lipinski definition) is 0. The van der Waals surface area contributed by atoms with Crippen LogP contribution in [0.2, 0.25) is 0 Å². The SMILES string of the molecule is CC.CC.CC.CCOn1nnc2ccccc21.CON1C(=O)CCC1=O.Cn1cncn1. The number of aromatic nitrogens is 6. The second-order valence-electron chi connectivity index (χ2n) is 5.20. The van der Waals surface area contributed by atoms with Gasteiger partial charge < -0.3 is 4.84 Å². The molecule has 0 atom stereocenters. The molecule has 3 heterocycles. The van der Waals surface area contributed by atoms with Crippen molar-refractivity contribution in [1.82, 2.24) is 35.0 Å². The highest BCUT2D eigenvalue weighted by atomic mass is 16.7. The van der Waals surface area contributed by atoms with Gasteiger partial charge in [0.2, 0.25) is 0 Å². The van der Waals surface area contributed by atoms with E-state index in [0.717, 1.165) is 16.1 Å². The molecule has 2 amide bonds. The van der Waals surface area contributed by atoms with Crippen LogP contribution in [0.15, 0.2) is 36.9 Å². The summed E-state index contributed by atoms with van der Waals surface area (Å²) in [6.45, 7) is 14.5. The maximum absolute atomic E-state index is 10.6. The van der Waals surface area contributed by atoms with Crippen LogP contribution >= 0.6 is 0 Å². The van der Waals surface area contributed by atoms with Crippen molar-refractivity contribution < 1.29 is 19.3 Å². The number of amides is 2. The summed E-state index contributed by atoms with van der Waals surface area (Å²) in [6.07, 6.45) is 3.71. The van der Waals surface area contributed by atoms with E-state index in [0.29, 0.717) is 6.61 Å². The first-order valence-electron chi connectivity index (χ1n) is 11.2. The van der Waals surface area contributed by atoms with Crippen LogP contribution in [0.1, 0.15) is 61.3 Å². The Morgan fingerprint density at radius 3 is 1.94 bits per heavy atom. The Balaban J connectivity index is 0. The average Bonchev–Trinajstić information content (AvgIpc) is 3.60. The number of benzene rings is 1. The maximum Gasteiger partial charge on any atom is 0.253 e. The van der Waals surface area contributed by atoms with E-state index in [1.807, 2.05) is 79.8 Å². The van der Waals surface area contributed by atoms with Gasteiger partial charge in [-0.2, -0.15) is 10.2 Å². The van der Waals surface area contributed by atoms with Gasteiger partial charge in [-0.05, 0) is 24.3 Å². The number of carbonyl (C=O) groups is 2. The topological polar surface area (TPSA) is 117 Å². The molecule has 1 fully saturated rings. The maximum atomic E-state index is 10.6. The molecule has 11 heteroatoms. The first kappa shape index (κ1) is 31.8. The molecule has 1 aliphatic rings. The van der Waals surface area contributed by atoms with Crippen LogP contribution in [0.25, 0.3) is 11.0 Å². The van der Waals surface area contributed by atoms with Gasteiger partial charge in [-0.3, -0.25) is 19.1 Å². The van der Waals surface area contributed by atoms with Gasteiger partial charge in [0.1, 0.15) is 30.3 Å². The Morgan fingerprint density at radius 1 is 0.970 bits per heavy atom. The van der Waals surface area contributed by atoms with Crippen LogP contribution in [0.4, 0.5) is 0 Å². The number of hydroxylamine groups is 2. The number of rotatable bonds is 3. The van der Waals surface area contributed by atoms with Gasteiger partial charge in [0.05, 0.1) is 7.11 Å². The molecule has 1 aliphatic heterocycles. The lowest BCUT2D eigenvalue weighted by Gasteiger charge is -2.07. The van der Waals surface area contributed by atoms with E-state index in [4.69, 9.17) is 4.84 Å².